The van der Waals surface area contributed by atoms with Gasteiger partial charge in [0.25, 0.3) is 0 Å². The Bertz CT molecular complexity index is 237. The van der Waals surface area contributed by atoms with Crippen LogP contribution in [0.15, 0.2) is 0 Å². The van der Waals surface area contributed by atoms with E-state index in [-0.39, 0.29) is 16.0 Å². The standard InChI is InChI=1S/C7H16O3S2/c1-2-3-4-5-6-7-12(9,10)11-8/h2-7H2,1H3,(H,9,10). The highest BCUT2D eigenvalue weighted by atomic mass is 32.9. The lowest BCUT2D eigenvalue weighted by atomic mass is 10.2. The maximum Gasteiger partial charge on any atom is 0.177 e. The first-order chi connectivity index (χ1) is 5.62. The van der Waals surface area contributed by atoms with Gasteiger partial charge in [-0.1, -0.05) is 32.6 Å². The van der Waals surface area contributed by atoms with Crippen LogP contribution in [0.3, 0.4) is 0 Å². The van der Waals surface area contributed by atoms with Crippen LogP contribution in [-0.2, 0) is 19.0 Å². The third-order valence-corrected chi connectivity index (χ3v) is 3.77. The predicted molar refractivity (Wildman–Crippen MR) is 52.5 cm³/mol. The minimum Gasteiger partial charge on any atom is -0.304 e. The van der Waals surface area contributed by atoms with E-state index in [9.17, 15) is 8.42 Å². The summed E-state index contributed by atoms with van der Waals surface area (Å²) in [6.45, 7) is 2.11. The van der Waals surface area contributed by atoms with Crippen LogP contribution in [0.1, 0.15) is 39.0 Å². The highest BCUT2D eigenvalue weighted by Gasteiger charge is 2.01. The molecule has 3 nitrogen and oxygen atoms in total. The van der Waals surface area contributed by atoms with E-state index in [0.717, 1.165) is 25.7 Å². The van der Waals surface area contributed by atoms with Crippen LogP contribution in [0.2, 0.25) is 0 Å². The number of hydrogen-bond donors (Lipinski definition) is 1. The van der Waals surface area contributed by atoms with Gasteiger partial charge in [0, 0.05) is 0 Å². The van der Waals surface area contributed by atoms with E-state index in [1.807, 2.05) is 0 Å². The molecule has 5 heteroatoms. The third-order valence-electron chi connectivity index (χ3n) is 1.61. The van der Waals surface area contributed by atoms with Gasteiger partial charge in [-0.2, -0.15) is 0 Å². The first kappa shape index (κ1) is 12.1. The van der Waals surface area contributed by atoms with Gasteiger partial charge in [-0.05, 0) is 6.42 Å². The summed E-state index contributed by atoms with van der Waals surface area (Å²) >= 11 is 0. The molecule has 1 N–H and O–H groups in total. The van der Waals surface area contributed by atoms with Crippen LogP contribution in [-0.4, -0.2) is 18.7 Å². The van der Waals surface area contributed by atoms with Crippen LogP contribution in [0.25, 0.3) is 0 Å². The van der Waals surface area contributed by atoms with E-state index in [2.05, 4.69) is 6.92 Å². The molecule has 74 valence electrons. The Hall–Kier alpha value is 0.130. The molecule has 0 spiro atoms. The zero-order chi connectivity index (χ0) is 9.45. The molecule has 0 bridgehead atoms. The molecule has 0 aliphatic rings. The zero-order valence-corrected chi connectivity index (χ0v) is 8.96. The number of rotatable bonds is 6. The first-order valence-corrected chi connectivity index (χ1v) is 7.12. The molecule has 12 heavy (non-hydrogen) atoms. The molecular weight excluding hydrogens is 196 g/mol. The Kier molecular flexibility index (Phi) is 6.70. The first-order valence-electron chi connectivity index (χ1n) is 4.18. The van der Waals surface area contributed by atoms with Crippen LogP contribution in [0, 0.1) is 0 Å². The second kappa shape index (κ2) is 6.62. The van der Waals surface area contributed by atoms with Gasteiger partial charge >= 0.3 is 0 Å². The number of unbranched alkanes of at least 4 members (excludes halogenated alkanes) is 4. The Labute approximate surface area is 77.1 Å². The van der Waals surface area contributed by atoms with Crippen molar-refractivity contribution in [1.82, 2.24) is 0 Å². The van der Waals surface area contributed by atoms with Crippen molar-refractivity contribution in [3.8, 4) is 0 Å². The van der Waals surface area contributed by atoms with Crippen molar-refractivity contribution >= 4 is 19.0 Å². The molecule has 0 aliphatic carbocycles. The normalized spacial score (nSPS) is 15.5. The molecule has 0 saturated carbocycles. The van der Waals surface area contributed by atoms with Crippen molar-refractivity contribution in [3.05, 3.63) is 0 Å². The molecule has 0 radical (unpaired) electrons. The molecular formula is C7H16O3S2. The van der Waals surface area contributed by atoms with E-state index in [1.165, 1.54) is 0 Å². The van der Waals surface area contributed by atoms with Gasteiger partial charge in [-0.25, -0.2) is 8.42 Å². The molecule has 0 fully saturated rings. The summed E-state index contributed by atoms with van der Waals surface area (Å²) in [4.78, 5) is 0. The van der Waals surface area contributed by atoms with Gasteiger partial charge in [0.05, 0.1) is 5.75 Å². The Balaban J connectivity index is 3.45. The second-order valence-corrected chi connectivity index (χ2v) is 6.45. The molecule has 0 rings (SSSR count). The lowest BCUT2D eigenvalue weighted by molar-refractivity contribution is 0.553. The molecule has 0 aromatic heterocycles. The topological polar surface area (TPSA) is 54.4 Å². The SMILES string of the molecule is CCCCCCCS(=O)(O)=S=O. The largest absolute Gasteiger partial charge is 0.304 e. The van der Waals surface area contributed by atoms with Crippen LogP contribution in [0.5, 0.6) is 0 Å². The average molecular weight is 212 g/mol. The quantitative estimate of drug-likeness (QED) is 0.683. The minimum atomic E-state index is -3.10. The Morgan fingerprint density at radius 2 is 1.83 bits per heavy atom. The summed E-state index contributed by atoms with van der Waals surface area (Å²) in [7, 11) is -3.27. The van der Waals surface area contributed by atoms with Gasteiger partial charge in [0.2, 0.25) is 0 Å². The smallest absolute Gasteiger partial charge is 0.177 e. The van der Waals surface area contributed by atoms with Gasteiger partial charge in [-0.15, -0.1) is 0 Å². The lowest BCUT2D eigenvalue weighted by Gasteiger charge is -1.98. The van der Waals surface area contributed by atoms with Gasteiger partial charge < -0.3 is 4.55 Å². The van der Waals surface area contributed by atoms with Crippen molar-refractivity contribution < 1.29 is 13.0 Å². The van der Waals surface area contributed by atoms with Gasteiger partial charge in [0.15, 0.2) is 19.0 Å². The van der Waals surface area contributed by atoms with Gasteiger partial charge in [-0.3, -0.25) is 0 Å². The molecule has 1 atom stereocenters. The minimum absolute atomic E-state index is 0.144. The molecule has 0 aromatic rings. The summed E-state index contributed by atoms with van der Waals surface area (Å²) in [5.41, 5.74) is 0. The molecule has 1 unspecified atom stereocenters. The monoisotopic (exact) mass is 212 g/mol. The molecule has 0 aromatic carbocycles. The summed E-state index contributed by atoms with van der Waals surface area (Å²) in [6, 6.07) is 0. The maximum absolute atomic E-state index is 10.8. The molecule has 0 heterocycles. The molecule has 0 aliphatic heterocycles. The average Bonchev–Trinajstić information content (AvgIpc) is 2.04. The van der Waals surface area contributed by atoms with Crippen molar-refractivity contribution in [1.29, 1.82) is 0 Å². The zero-order valence-electron chi connectivity index (χ0n) is 7.32. The van der Waals surface area contributed by atoms with Crippen molar-refractivity contribution in [2.45, 2.75) is 39.0 Å². The number of hydrogen-bond acceptors (Lipinski definition) is 2. The summed E-state index contributed by atoms with van der Waals surface area (Å²) in [5, 5.41) is 0. The van der Waals surface area contributed by atoms with Crippen molar-refractivity contribution in [2.24, 2.45) is 0 Å². The van der Waals surface area contributed by atoms with E-state index in [1.54, 1.807) is 0 Å². The highest BCUT2D eigenvalue weighted by molar-refractivity contribution is 8.32. The fourth-order valence-electron chi connectivity index (χ4n) is 0.922. The fourth-order valence-corrected chi connectivity index (χ4v) is 2.12. The lowest BCUT2D eigenvalue weighted by Crippen LogP contribution is -2.02. The van der Waals surface area contributed by atoms with Crippen molar-refractivity contribution in [2.75, 3.05) is 5.75 Å². The highest BCUT2D eigenvalue weighted by Crippen LogP contribution is 2.03. The van der Waals surface area contributed by atoms with E-state index in [4.69, 9.17) is 4.55 Å². The van der Waals surface area contributed by atoms with Gasteiger partial charge in [0.1, 0.15) is 0 Å². The molecule has 0 saturated heterocycles. The molecule has 0 amide bonds. The Morgan fingerprint density at radius 1 is 1.25 bits per heavy atom. The van der Waals surface area contributed by atoms with E-state index >= 15 is 0 Å². The summed E-state index contributed by atoms with van der Waals surface area (Å²) in [6.07, 6.45) is 5.05. The van der Waals surface area contributed by atoms with E-state index < -0.39 is 8.77 Å². The summed E-state index contributed by atoms with van der Waals surface area (Å²) < 4.78 is 29.7. The van der Waals surface area contributed by atoms with Crippen LogP contribution in [0.4, 0.5) is 0 Å². The second-order valence-electron chi connectivity index (χ2n) is 2.77. The third kappa shape index (κ3) is 6.82. The van der Waals surface area contributed by atoms with Crippen molar-refractivity contribution in [3.63, 3.8) is 0 Å². The van der Waals surface area contributed by atoms with Crippen LogP contribution >= 0.6 is 0 Å². The van der Waals surface area contributed by atoms with E-state index in [0.29, 0.717) is 6.42 Å². The Morgan fingerprint density at radius 3 is 2.33 bits per heavy atom. The summed E-state index contributed by atoms with van der Waals surface area (Å²) in [5.74, 6) is 0.144. The predicted octanol–water partition coefficient (Wildman–Crippen LogP) is 1.84. The van der Waals surface area contributed by atoms with Crippen LogP contribution < -0.4 is 0 Å². The fraction of sp³-hybridized carbons (Fsp3) is 1.00. The maximum atomic E-state index is 10.8.